The Morgan fingerprint density at radius 3 is 3.00 bits per heavy atom. The molecule has 1 aromatic heterocycles. The van der Waals surface area contributed by atoms with Crippen molar-refractivity contribution in [1.29, 1.82) is 0 Å². The summed E-state index contributed by atoms with van der Waals surface area (Å²) in [7, 11) is 1.80. The maximum Gasteiger partial charge on any atom is 0.224 e. The van der Waals surface area contributed by atoms with Crippen LogP contribution in [0.4, 0.5) is 11.8 Å². The lowest BCUT2D eigenvalue weighted by Gasteiger charge is -2.27. The molecule has 17 heavy (non-hydrogen) atoms. The Hall–Kier alpha value is -1.36. The zero-order valence-electron chi connectivity index (χ0n) is 10.2. The third-order valence-corrected chi connectivity index (χ3v) is 3.29. The summed E-state index contributed by atoms with van der Waals surface area (Å²) in [4.78, 5) is 8.34. The van der Waals surface area contributed by atoms with Crippen molar-refractivity contribution in [3.05, 3.63) is 12.3 Å². The third-order valence-electron chi connectivity index (χ3n) is 3.29. The molecule has 1 aliphatic carbocycles. The van der Waals surface area contributed by atoms with Gasteiger partial charge in [-0.25, -0.2) is 4.98 Å². The van der Waals surface area contributed by atoms with Crippen molar-refractivity contribution in [3.63, 3.8) is 0 Å². The molecule has 1 fully saturated rings. The Morgan fingerprint density at radius 2 is 2.24 bits per heavy atom. The molecule has 0 aliphatic heterocycles. The zero-order chi connectivity index (χ0) is 12.1. The molecule has 94 valence electrons. The van der Waals surface area contributed by atoms with E-state index in [9.17, 15) is 5.11 Å². The molecule has 5 heteroatoms. The molecular weight excluding hydrogens is 216 g/mol. The maximum absolute atomic E-state index is 9.86. The third kappa shape index (κ3) is 3.30. The topological polar surface area (TPSA) is 70.1 Å². The van der Waals surface area contributed by atoms with Gasteiger partial charge in [-0.2, -0.15) is 4.98 Å². The molecule has 0 saturated heterocycles. The number of nitrogens with zero attached hydrogens (tertiary/aromatic N) is 2. The summed E-state index contributed by atoms with van der Waals surface area (Å²) < 4.78 is 0. The van der Waals surface area contributed by atoms with Crippen LogP contribution in [0, 0.1) is 5.92 Å². The Labute approximate surface area is 102 Å². The highest BCUT2D eigenvalue weighted by Gasteiger charge is 2.22. The molecule has 2 unspecified atom stereocenters. The number of hydrogen-bond donors (Lipinski definition) is 3. The van der Waals surface area contributed by atoms with Crippen LogP contribution < -0.4 is 10.6 Å². The van der Waals surface area contributed by atoms with E-state index in [1.165, 1.54) is 6.42 Å². The highest BCUT2D eigenvalue weighted by molar-refractivity contribution is 5.39. The first kappa shape index (κ1) is 12.1. The van der Waals surface area contributed by atoms with E-state index in [1.54, 1.807) is 13.2 Å². The van der Waals surface area contributed by atoms with Crippen LogP contribution >= 0.6 is 0 Å². The molecule has 0 spiro atoms. The number of aliphatic hydroxyl groups is 1. The van der Waals surface area contributed by atoms with Crippen molar-refractivity contribution < 1.29 is 5.11 Å². The first-order chi connectivity index (χ1) is 8.29. The minimum Gasteiger partial charge on any atom is -0.393 e. The van der Waals surface area contributed by atoms with E-state index >= 15 is 0 Å². The number of aliphatic hydroxyl groups excluding tert-OH is 1. The van der Waals surface area contributed by atoms with Crippen molar-refractivity contribution in [1.82, 2.24) is 9.97 Å². The summed E-state index contributed by atoms with van der Waals surface area (Å²) in [5.41, 5.74) is 0. The molecule has 0 radical (unpaired) electrons. The predicted octanol–water partition coefficient (Wildman–Crippen LogP) is 1.48. The first-order valence-corrected chi connectivity index (χ1v) is 6.22. The van der Waals surface area contributed by atoms with Gasteiger partial charge in [0.1, 0.15) is 5.82 Å². The average Bonchev–Trinajstić information content (AvgIpc) is 2.38. The van der Waals surface area contributed by atoms with Gasteiger partial charge in [0.15, 0.2) is 0 Å². The lowest BCUT2D eigenvalue weighted by atomic mass is 9.86. The smallest absolute Gasteiger partial charge is 0.224 e. The number of nitrogens with one attached hydrogen (secondary N) is 2. The number of anilines is 2. The van der Waals surface area contributed by atoms with Gasteiger partial charge in [0.05, 0.1) is 6.10 Å². The summed E-state index contributed by atoms with van der Waals surface area (Å²) in [5, 5.41) is 16.0. The zero-order valence-corrected chi connectivity index (χ0v) is 10.2. The van der Waals surface area contributed by atoms with Gasteiger partial charge in [-0.3, -0.25) is 0 Å². The Bertz CT molecular complexity index is 358. The second kappa shape index (κ2) is 5.82. The molecule has 1 aliphatic rings. The fourth-order valence-electron chi connectivity index (χ4n) is 2.24. The highest BCUT2D eigenvalue weighted by atomic mass is 16.3. The quantitative estimate of drug-likeness (QED) is 0.738. The minimum atomic E-state index is -0.165. The molecule has 1 heterocycles. The first-order valence-electron chi connectivity index (χ1n) is 6.22. The number of aromatic nitrogens is 2. The predicted molar refractivity (Wildman–Crippen MR) is 68.0 cm³/mol. The van der Waals surface area contributed by atoms with E-state index in [4.69, 9.17) is 0 Å². The van der Waals surface area contributed by atoms with E-state index in [-0.39, 0.29) is 6.10 Å². The van der Waals surface area contributed by atoms with Crippen molar-refractivity contribution >= 4 is 11.8 Å². The molecule has 5 nitrogen and oxygen atoms in total. The van der Waals surface area contributed by atoms with E-state index in [0.29, 0.717) is 11.9 Å². The van der Waals surface area contributed by atoms with E-state index in [0.717, 1.165) is 31.6 Å². The van der Waals surface area contributed by atoms with Gasteiger partial charge < -0.3 is 15.7 Å². The van der Waals surface area contributed by atoms with Gasteiger partial charge in [-0.1, -0.05) is 12.8 Å². The summed E-state index contributed by atoms with van der Waals surface area (Å²) >= 11 is 0. The van der Waals surface area contributed by atoms with E-state index < -0.39 is 0 Å². The van der Waals surface area contributed by atoms with Gasteiger partial charge in [0.2, 0.25) is 5.95 Å². The molecule has 0 bridgehead atoms. The van der Waals surface area contributed by atoms with Crippen LogP contribution in [-0.2, 0) is 0 Å². The second-order valence-corrected chi connectivity index (χ2v) is 4.51. The number of hydrogen-bond acceptors (Lipinski definition) is 5. The van der Waals surface area contributed by atoms with Gasteiger partial charge >= 0.3 is 0 Å². The molecule has 0 amide bonds. The SMILES string of the molecule is CNc1nccc(NCC2CCCCC2O)n1. The normalized spacial score (nSPS) is 24.4. The Morgan fingerprint density at radius 1 is 1.41 bits per heavy atom. The summed E-state index contributed by atoms with van der Waals surface area (Å²) in [5.74, 6) is 1.76. The molecule has 1 saturated carbocycles. The van der Waals surface area contributed by atoms with Gasteiger partial charge in [0.25, 0.3) is 0 Å². The van der Waals surface area contributed by atoms with E-state index in [1.807, 2.05) is 6.07 Å². The van der Waals surface area contributed by atoms with Crippen molar-refractivity contribution in [2.45, 2.75) is 31.8 Å². The van der Waals surface area contributed by atoms with Gasteiger partial charge in [-0.05, 0) is 18.9 Å². The fourth-order valence-corrected chi connectivity index (χ4v) is 2.24. The van der Waals surface area contributed by atoms with Crippen LogP contribution in [0.5, 0.6) is 0 Å². The highest BCUT2D eigenvalue weighted by Crippen LogP contribution is 2.24. The van der Waals surface area contributed by atoms with Crippen LogP contribution in [-0.4, -0.2) is 34.8 Å². The second-order valence-electron chi connectivity index (χ2n) is 4.51. The van der Waals surface area contributed by atoms with Crippen LogP contribution in [0.25, 0.3) is 0 Å². The van der Waals surface area contributed by atoms with Crippen molar-refractivity contribution in [3.8, 4) is 0 Å². The summed E-state index contributed by atoms with van der Waals surface area (Å²) in [6, 6.07) is 1.84. The Balaban J connectivity index is 1.88. The van der Waals surface area contributed by atoms with Crippen LogP contribution in [0.2, 0.25) is 0 Å². The standard InChI is InChI=1S/C12H20N4O/c1-13-12-14-7-6-11(16-12)15-8-9-4-2-3-5-10(9)17/h6-7,9-10,17H,2-5,8H2,1H3,(H2,13,14,15,16). The summed E-state index contributed by atoms with van der Waals surface area (Å²) in [6.45, 7) is 0.779. The molecular formula is C12H20N4O. The largest absolute Gasteiger partial charge is 0.393 e. The van der Waals surface area contributed by atoms with Crippen molar-refractivity contribution in [2.24, 2.45) is 5.92 Å². The molecule has 1 aromatic rings. The van der Waals surface area contributed by atoms with Crippen LogP contribution in [0.3, 0.4) is 0 Å². The van der Waals surface area contributed by atoms with E-state index in [2.05, 4.69) is 20.6 Å². The van der Waals surface area contributed by atoms with Gasteiger partial charge in [0, 0.05) is 25.7 Å². The minimum absolute atomic E-state index is 0.165. The molecule has 0 aromatic carbocycles. The van der Waals surface area contributed by atoms with Crippen LogP contribution in [0.15, 0.2) is 12.3 Å². The lowest BCUT2D eigenvalue weighted by molar-refractivity contribution is 0.0763. The van der Waals surface area contributed by atoms with Gasteiger partial charge in [-0.15, -0.1) is 0 Å². The van der Waals surface area contributed by atoms with Crippen LogP contribution in [0.1, 0.15) is 25.7 Å². The average molecular weight is 236 g/mol. The Kier molecular flexibility index (Phi) is 4.14. The molecule has 2 rings (SSSR count). The van der Waals surface area contributed by atoms with Crippen molar-refractivity contribution in [2.75, 3.05) is 24.2 Å². The maximum atomic E-state index is 9.86. The monoisotopic (exact) mass is 236 g/mol. The summed E-state index contributed by atoms with van der Waals surface area (Å²) in [6.07, 6.45) is 5.94. The fraction of sp³-hybridized carbons (Fsp3) is 0.667. The molecule has 2 atom stereocenters. The lowest BCUT2D eigenvalue weighted by Crippen LogP contribution is -2.30. The number of rotatable bonds is 4. The molecule has 3 N–H and O–H groups in total.